The largest absolute Gasteiger partial charge is 0.507 e. The number of imidazole rings is 1. The number of rotatable bonds is 7. The first-order chi connectivity index (χ1) is 15.1. The quantitative estimate of drug-likeness (QED) is 0.180. The van der Waals surface area contributed by atoms with Crippen LogP contribution in [0.4, 0.5) is 0 Å². The summed E-state index contributed by atoms with van der Waals surface area (Å²) in [6.45, 7) is 2.45. The van der Waals surface area contributed by atoms with Gasteiger partial charge in [0.1, 0.15) is 12.3 Å². The number of nitrogens with one attached hydrogen (secondary N) is 2. The van der Waals surface area contributed by atoms with Crippen LogP contribution in [0.5, 0.6) is 5.75 Å². The number of phenolic OH excluding ortho intramolecular Hbond substituents is 1. The zero-order valence-corrected chi connectivity index (χ0v) is 17.9. The van der Waals surface area contributed by atoms with Gasteiger partial charge in [-0.2, -0.15) is 5.10 Å². The standard InChI is InChI=1S/C24H22N4O2S/c1-17(19-11-5-8-14-22(19)29)26-27-23(30)16-31-24-25-20-12-6-7-13-21(20)28(24)15-18-9-3-2-4-10-18/h2-14H,15-16H2,1H3,(H2,26,27,29,30)/p+1. The van der Waals surface area contributed by atoms with E-state index in [1.165, 1.54) is 17.3 Å². The Morgan fingerprint density at radius 3 is 2.55 bits per heavy atom. The van der Waals surface area contributed by atoms with Crippen molar-refractivity contribution in [2.75, 3.05) is 5.75 Å². The highest BCUT2D eigenvalue weighted by atomic mass is 32.2. The number of carbonyl (C=O) groups is 1. The summed E-state index contributed by atoms with van der Waals surface area (Å²) < 4.78 is 2.18. The second kappa shape index (κ2) is 9.49. The van der Waals surface area contributed by atoms with Crippen LogP contribution in [0.1, 0.15) is 18.1 Å². The van der Waals surface area contributed by atoms with Crippen molar-refractivity contribution in [3.05, 3.63) is 90.0 Å². The minimum Gasteiger partial charge on any atom is -0.507 e. The van der Waals surface area contributed by atoms with Crippen LogP contribution in [0.15, 0.2) is 89.1 Å². The monoisotopic (exact) mass is 431 g/mol. The van der Waals surface area contributed by atoms with Gasteiger partial charge in [-0.15, -0.1) is 0 Å². The topological polar surface area (TPSA) is 81.4 Å². The van der Waals surface area contributed by atoms with Crippen molar-refractivity contribution in [3.8, 4) is 5.75 Å². The van der Waals surface area contributed by atoms with Crippen molar-refractivity contribution in [2.24, 2.45) is 5.10 Å². The zero-order chi connectivity index (χ0) is 21.6. The molecule has 0 aliphatic carbocycles. The van der Waals surface area contributed by atoms with E-state index < -0.39 is 0 Å². The van der Waals surface area contributed by atoms with E-state index in [4.69, 9.17) is 0 Å². The number of carbonyl (C=O) groups excluding carboxylic acids is 1. The third-order valence-electron chi connectivity index (χ3n) is 4.85. The maximum Gasteiger partial charge on any atom is 0.317 e. The van der Waals surface area contributed by atoms with Gasteiger partial charge in [-0.1, -0.05) is 54.6 Å². The van der Waals surface area contributed by atoms with Gasteiger partial charge in [0, 0.05) is 5.56 Å². The molecule has 3 aromatic carbocycles. The Bertz CT molecular complexity index is 1230. The number of para-hydroxylation sites is 3. The van der Waals surface area contributed by atoms with Crippen molar-refractivity contribution < 1.29 is 14.5 Å². The minimum absolute atomic E-state index is 0.132. The van der Waals surface area contributed by atoms with Crippen LogP contribution in [-0.2, 0) is 11.3 Å². The number of aromatic hydroxyl groups is 1. The molecule has 0 radical (unpaired) electrons. The Morgan fingerprint density at radius 2 is 1.74 bits per heavy atom. The number of benzene rings is 3. The van der Waals surface area contributed by atoms with Gasteiger partial charge in [-0.3, -0.25) is 4.79 Å². The molecule has 0 saturated carbocycles. The van der Waals surface area contributed by atoms with Crippen LogP contribution in [0.2, 0.25) is 0 Å². The maximum absolute atomic E-state index is 12.4. The van der Waals surface area contributed by atoms with E-state index in [0.29, 0.717) is 17.8 Å². The number of hydrazone groups is 1. The molecule has 0 bridgehead atoms. The lowest BCUT2D eigenvalue weighted by Gasteiger charge is -2.05. The zero-order valence-electron chi connectivity index (χ0n) is 17.1. The van der Waals surface area contributed by atoms with Crippen molar-refractivity contribution in [1.82, 2.24) is 10.4 Å². The predicted molar refractivity (Wildman–Crippen MR) is 123 cm³/mol. The molecule has 4 aromatic rings. The summed E-state index contributed by atoms with van der Waals surface area (Å²) in [5.41, 5.74) is 7.00. The molecule has 7 heteroatoms. The molecular weight excluding hydrogens is 408 g/mol. The Kier molecular flexibility index (Phi) is 6.33. The molecule has 1 heterocycles. The molecule has 0 atom stereocenters. The third-order valence-corrected chi connectivity index (χ3v) is 5.85. The van der Waals surface area contributed by atoms with Gasteiger partial charge in [0.15, 0.2) is 11.0 Å². The van der Waals surface area contributed by atoms with Crippen LogP contribution in [-0.4, -0.2) is 27.5 Å². The number of thioether (sulfide) groups is 1. The second-order valence-corrected chi connectivity index (χ2v) is 8.02. The minimum atomic E-state index is -0.218. The Morgan fingerprint density at radius 1 is 1.03 bits per heavy atom. The van der Waals surface area contributed by atoms with Crippen LogP contribution in [0.3, 0.4) is 0 Å². The van der Waals surface area contributed by atoms with E-state index in [0.717, 1.165) is 16.2 Å². The highest BCUT2D eigenvalue weighted by Crippen LogP contribution is 2.19. The number of hydrogen-bond acceptors (Lipinski definition) is 4. The van der Waals surface area contributed by atoms with E-state index in [-0.39, 0.29) is 17.4 Å². The van der Waals surface area contributed by atoms with Gasteiger partial charge < -0.3 is 5.11 Å². The average molecular weight is 432 g/mol. The van der Waals surface area contributed by atoms with E-state index in [2.05, 4.69) is 38.3 Å². The molecule has 6 nitrogen and oxygen atoms in total. The number of aromatic nitrogens is 2. The van der Waals surface area contributed by atoms with E-state index in [1.54, 1.807) is 25.1 Å². The summed E-state index contributed by atoms with van der Waals surface area (Å²) >= 11 is 1.43. The number of H-pyrrole nitrogens is 1. The van der Waals surface area contributed by atoms with Crippen molar-refractivity contribution in [1.29, 1.82) is 0 Å². The van der Waals surface area contributed by atoms with E-state index in [9.17, 15) is 9.90 Å². The summed E-state index contributed by atoms with van der Waals surface area (Å²) in [5.74, 6) is 0.121. The lowest BCUT2D eigenvalue weighted by Crippen LogP contribution is -2.36. The van der Waals surface area contributed by atoms with Crippen molar-refractivity contribution in [3.63, 3.8) is 0 Å². The number of aromatic amines is 1. The molecule has 0 saturated heterocycles. The van der Waals surface area contributed by atoms with Crippen LogP contribution < -0.4 is 9.99 Å². The maximum atomic E-state index is 12.4. The smallest absolute Gasteiger partial charge is 0.317 e. The van der Waals surface area contributed by atoms with Crippen molar-refractivity contribution in [2.45, 2.75) is 18.6 Å². The first-order valence-electron chi connectivity index (χ1n) is 9.90. The molecule has 0 aliphatic rings. The number of phenols is 1. The Labute approximate surface area is 184 Å². The lowest BCUT2D eigenvalue weighted by atomic mass is 10.1. The molecule has 4 rings (SSSR count). The molecule has 0 unspecified atom stereocenters. The van der Waals surface area contributed by atoms with Gasteiger partial charge in [0.2, 0.25) is 0 Å². The highest BCUT2D eigenvalue weighted by Gasteiger charge is 2.20. The molecule has 1 aromatic heterocycles. The van der Waals surface area contributed by atoms with Gasteiger partial charge in [-0.25, -0.2) is 15.0 Å². The summed E-state index contributed by atoms with van der Waals surface area (Å²) in [7, 11) is 0. The Balaban J connectivity index is 1.47. The molecular formula is C24H23N4O2S+. The molecule has 1 amide bonds. The molecule has 0 spiro atoms. The molecule has 3 N–H and O–H groups in total. The normalized spacial score (nSPS) is 11.6. The summed E-state index contributed by atoms with van der Waals surface area (Å²) in [5, 5.41) is 14.9. The highest BCUT2D eigenvalue weighted by molar-refractivity contribution is 7.99. The number of hydrogen-bond donors (Lipinski definition) is 3. The van der Waals surface area contributed by atoms with E-state index >= 15 is 0 Å². The van der Waals surface area contributed by atoms with Crippen LogP contribution in [0, 0.1) is 0 Å². The first kappa shape index (κ1) is 20.7. The SMILES string of the molecule is C/C(=N/NC(=O)CSc1[nH]c2ccccc2[n+]1Cc1ccccc1)c1ccccc1O. The fourth-order valence-corrected chi connectivity index (χ4v) is 4.13. The average Bonchev–Trinajstić information content (AvgIpc) is 3.14. The predicted octanol–water partition coefficient (Wildman–Crippen LogP) is 3.84. The lowest BCUT2D eigenvalue weighted by molar-refractivity contribution is -0.700. The fraction of sp³-hybridized carbons (Fsp3) is 0.125. The molecule has 0 fully saturated rings. The van der Waals surface area contributed by atoms with Gasteiger partial charge in [0.05, 0.1) is 11.5 Å². The van der Waals surface area contributed by atoms with Gasteiger partial charge in [0.25, 0.3) is 5.91 Å². The summed E-state index contributed by atoms with van der Waals surface area (Å²) in [4.78, 5) is 15.8. The van der Waals surface area contributed by atoms with Crippen LogP contribution >= 0.6 is 11.8 Å². The fourth-order valence-electron chi connectivity index (χ4n) is 3.30. The second-order valence-electron chi connectivity index (χ2n) is 7.06. The summed E-state index contributed by atoms with van der Waals surface area (Å²) in [6.07, 6.45) is 0. The van der Waals surface area contributed by atoms with Crippen LogP contribution in [0.25, 0.3) is 11.0 Å². The Hall–Kier alpha value is -3.58. The first-order valence-corrected chi connectivity index (χ1v) is 10.9. The molecule has 156 valence electrons. The number of amides is 1. The van der Waals surface area contributed by atoms with Gasteiger partial charge >= 0.3 is 5.16 Å². The van der Waals surface area contributed by atoms with Crippen molar-refractivity contribution >= 4 is 34.4 Å². The third kappa shape index (κ3) is 4.95. The van der Waals surface area contributed by atoms with Gasteiger partial charge in [-0.05, 0) is 48.5 Å². The molecule has 0 aliphatic heterocycles. The number of fused-ring (bicyclic) bond motifs is 1. The van der Waals surface area contributed by atoms with E-state index in [1.807, 2.05) is 42.5 Å². The number of nitrogens with zero attached hydrogens (tertiary/aromatic N) is 2. The summed E-state index contributed by atoms with van der Waals surface area (Å²) in [6, 6.07) is 25.2. The molecule has 31 heavy (non-hydrogen) atoms.